The van der Waals surface area contributed by atoms with Crippen LogP contribution in [-0.4, -0.2) is 55.0 Å². The van der Waals surface area contributed by atoms with Gasteiger partial charge in [-0.15, -0.1) is 0 Å². The van der Waals surface area contributed by atoms with Gasteiger partial charge in [0.2, 0.25) is 5.91 Å². The van der Waals surface area contributed by atoms with Gasteiger partial charge in [0.05, 0.1) is 7.11 Å². The van der Waals surface area contributed by atoms with Gasteiger partial charge in [-0.2, -0.15) is 0 Å². The van der Waals surface area contributed by atoms with Gasteiger partial charge in [0.1, 0.15) is 5.75 Å². The van der Waals surface area contributed by atoms with E-state index in [1.165, 1.54) is 12.5 Å². The molecule has 2 aromatic carbocycles. The maximum Gasteiger partial charge on any atom is 0.321 e. The molecule has 7 heteroatoms. The molecule has 0 bridgehead atoms. The Kier molecular flexibility index (Phi) is 7.30. The fourth-order valence-electron chi connectivity index (χ4n) is 3.58. The first-order valence-electron chi connectivity index (χ1n) is 10.2. The number of methoxy groups -OCH3 is 1. The van der Waals surface area contributed by atoms with Gasteiger partial charge in [-0.1, -0.05) is 12.1 Å². The zero-order chi connectivity index (χ0) is 21.5. The van der Waals surface area contributed by atoms with Crippen LogP contribution in [0.4, 0.5) is 16.2 Å². The van der Waals surface area contributed by atoms with Crippen molar-refractivity contribution in [1.82, 2.24) is 9.80 Å². The van der Waals surface area contributed by atoms with Crippen molar-refractivity contribution < 1.29 is 14.3 Å². The van der Waals surface area contributed by atoms with Gasteiger partial charge in [0, 0.05) is 51.0 Å². The van der Waals surface area contributed by atoms with Crippen molar-refractivity contribution in [2.75, 3.05) is 43.9 Å². The van der Waals surface area contributed by atoms with Crippen molar-refractivity contribution in [1.29, 1.82) is 0 Å². The highest BCUT2D eigenvalue weighted by atomic mass is 16.5. The molecule has 0 radical (unpaired) electrons. The first-order valence-corrected chi connectivity index (χ1v) is 10.2. The zero-order valence-corrected chi connectivity index (χ0v) is 17.9. The van der Waals surface area contributed by atoms with E-state index >= 15 is 0 Å². The number of carbonyl (C=O) groups excluding carboxylic acids is 2. The Labute approximate surface area is 178 Å². The van der Waals surface area contributed by atoms with E-state index in [4.69, 9.17) is 4.74 Å². The lowest BCUT2D eigenvalue weighted by atomic mass is 10.2. The van der Waals surface area contributed by atoms with Gasteiger partial charge in [-0.3, -0.25) is 9.69 Å². The predicted octanol–water partition coefficient (Wildman–Crippen LogP) is 3.70. The summed E-state index contributed by atoms with van der Waals surface area (Å²) in [4.78, 5) is 28.1. The number of ether oxygens (including phenoxy) is 1. The van der Waals surface area contributed by atoms with Gasteiger partial charge in [0.15, 0.2) is 0 Å². The number of urea groups is 1. The number of nitrogens with zero attached hydrogens (tertiary/aromatic N) is 2. The molecule has 1 aliphatic rings. The molecule has 0 aromatic heterocycles. The van der Waals surface area contributed by atoms with Gasteiger partial charge in [-0.05, 0) is 54.8 Å². The fraction of sp³-hybridized carbons (Fsp3) is 0.391. The summed E-state index contributed by atoms with van der Waals surface area (Å²) in [7, 11) is 1.63. The lowest BCUT2D eigenvalue weighted by Gasteiger charge is -2.23. The Bertz CT molecular complexity index is 883. The number of aryl methyl sites for hydroxylation is 1. The average Bonchev–Trinajstić information content (AvgIpc) is 2.96. The molecule has 30 heavy (non-hydrogen) atoms. The van der Waals surface area contributed by atoms with Gasteiger partial charge in [0.25, 0.3) is 0 Å². The van der Waals surface area contributed by atoms with E-state index in [-0.39, 0.29) is 11.9 Å². The van der Waals surface area contributed by atoms with Crippen LogP contribution in [0.5, 0.6) is 5.75 Å². The molecule has 160 valence electrons. The minimum Gasteiger partial charge on any atom is -0.497 e. The summed E-state index contributed by atoms with van der Waals surface area (Å²) in [5, 5.41) is 5.81. The number of amides is 3. The molecule has 0 saturated carbocycles. The van der Waals surface area contributed by atoms with Crippen LogP contribution in [-0.2, 0) is 11.3 Å². The van der Waals surface area contributed by atoms with Crippen molar-refractivity contribution in [3.8, 4) is 5.75 Å². The first-order chi connectivity index (χ1) is 14.4. The van der Waals surface area contributed by atoms with E-state index in [1.54, 1.807) is 7.11 Å². The number of benzene rings is 2. The van der Waals surface area contributed by atoms with Gasteiger partial charge in [-0.25, -0.2) is 4.79 Å². The molecule has 2 N–H and O–H groups in total. The van der Waals surface area contributed by atoms with Crippen LogP contribution in [0.3, 0.4) is 0 Å². The second-order valence-corrected chi connectivity index (χ2v) is 7.61. The quantitative estimate of drug-likeness (QED) is 0.788. The van der Waals surface area contributed by atoms with E-state index in [2.05, 4.69) is 15.5 Å². The predicted molar refractivity (Wildman–Crippen MR) is 119 cm³/mol. The molecule has 3 amide bonds. The third-order valence-electron chi connectivity index (χ3n) is 5.23. The van der Waals surface area contributed by atoms with E-state index in [1.807, 2.05) is 54.3 Å². The van der Waals surface area contributed by atoms with Gasteiger partial charge < -0.3 is 20.3 Å². The summed E-state index contributed by atoms with van der Waals surface area (Å²) in [6, 6.07) is 13.5. The molecule has 7 nitrogen and oxygen atoms in total. The van der Waals surface area contributed by atoms with Crippen molar-refractivity contribution in [3.05, 3.63) is 53.6 Å². The number of nitrogens with one attached hydrogen (secondary N) is 2. The van der Waals surface area contributed by atoms with Crippen LogP contribution in [0.15, 0.2) is 42.5 Å². The van der Waals surface area contributed by atoms with Crippen LogP contribution in [0.25, 0.3) is 0 Å². The molecule has 0 atom stereocenters. The summed E-state index contributed by atoms with van der Waals surface area (Å²) in [5.41, 5.74) is 3.78. The monoisotopic (exact) mass is 410 g/mol. The van der Waals surface area contributed by atoms with Crippen molar-refractivity contribution in [2.24, 2.45) is 0 Å². The number of carbonyl (C=O) groups is 2. The molecular weight excluding hydrogens is 380 g/mol. The molecule has 1 saturated heterocycles. The first kappa shape index (κ1) is 21.6. The lowest BCUT2D eigenvalue weighted by molar-refractivity contribution is -0.114. The average molecular weight is 411 g/mol. The number of hydrogen-bond donors (Lipinski definition) is 2. The minimum absolute atomic E-state index is 0.0650. The Hall–Kier alpha value is -3.06. The van der Waals surface area contributed by atoms with Crippen LogP contribution < -0.4 is 15.4 Å². The van der Waals surface area contributed by atoms with E-state index < -0.39 is 0 Å². The van der Waals surface area contributed by atoms with Crippen molar-refractivity contribution in [3.63, 3.8) is 0 Å². The second kappa shape index (κ2) is 10.1. The van der Waals surface area contributed by atoms with E-state index in [9.17, 15) is 9.59 Å². The lowest BCUT2D eigenvalue weighted by Crippen LogP contribution is -2.38. The summed E-state index contributed by atoms with van der Waals surface area (Å²) in [6.45, 7) is 7.47. The van der Waals surface area contributed by atoms with Crippen LogP contribution in [0.2, 0.25) is 0 Å². The molecule has 1 fully saturated rings. The SMILES string of the molecule is COc1ccc(NC(=O)N2CCCN(Cc3ccc(NC(C)=O)cc3)CC2)c(C)c1. The third kappa shape index (κ3) is 5.97. The summed E-state index contributed by atoms with van der Waals surface area (Å²) in [6.07, 6.45) is 0.930. The number of anilines is 2. The molecule has 1 heterocycles. The van der Waals surface area contributed by atoms with Gasteiger partial charge >= 0.3 is 6.03 Å². The van der Waals surface area contributed by atoms with Crippen LogP contribution in [0, 0.1) is 6.92 Å². The Morgan fingerprint density at radius 1 is 1.00 bits per heavy atom. The zero-order valence-electron chi connectivity index (χ0n) is 17.9. The molecule has 1 aliphatic heterocycles. The van der Waals surface area contributed by atoms with Crippen molar-refractivity contribution >= 4 is 23.3 Å². The smallest absolute Gasteiger partial charge is 0.321 e. The molecule has 0 unspecified atom stereocenters. The topological polar surface area (TPSA) is 73.9 Å². The second-order valence-electron chi connectivity index (χ2n) is 7.61. The summed E-state index contributed by atoms with van der Waals surface area (Å²) >= 11 is 0. The minimum atomic E-state index is -0.0709. The molecule has 0 aliphatic carbocycles. The maximum absolute atomic E-state index is 12.7. The fourth-order valence-corrected chi connectivity index (χ4v) is 3.58. The third-order valence-corrected chi connectivity index (χ3v) is 5.23. The maximum atomic E-state index is 12.7. The highest BCUT2D eigenvalue weighted by molar-refractivity contribution is 5.90. The van der Waals surface area contributed by atoms with Crippen LogP contribution >= 0.6 is 0 Å². The molecule has 2 aromatic rings. The molecular formula is C23H30N4O3. The van der Waals surface area contributed by atoms with Crippen molar-refractivity contribution in [2.45, 2.75) is 26.8 Å². The van der Waals surface area contributed by atoms with E-state index in [0.29, 0.717) is 6.54 Å². The number of hydrogen-bond acceptors (Lipinski definition) is 4. The Morgan fingerprint density at radius 2 is 1.77 bits per heavy atom. The van der Waals surface area contributed by atoms with E-state index in [0.717, 1.165) is 55.3 Å². The largest absolute Gasteiger partial charge is 0.497 e. The Balaban J connectivity index is 1.53. The normalized spacial score (nSPS) is 14.7. The standard InChI is InChI=1S/C23H30N4O3/c1-17-15-21(30-3)9-10-22(17)25-23(29)27-12-4-11-26(13-14-27)16-19-5-7-20(8-6-19)24-18(2)28/h5-10,15H,4,11-14,16H2,1-3H3,(H,24,28)(H,25,29). The highest BCUT2D eigenvalue weighted by Gasteiger charge is 2.20. The summed E-state index contributed by atoms with van der Waals surface area (Å²) in [5.74, 6) is 0.708. The molecule has 3 rings (SSSR count). The Morgan fingerprint density at radius 3 is 2.43 bits per heavy atom. The highest BCUT2D eigenvalue weighted by Crippen LogP contribution is 2.21. The summed E-state index contributed by atoms with van der Waals surface area (Å²) < 4.78 is 5.22. The number of rotatable bonds is 5. The molecule has 0 spiro atoms. The van der Waals surface area contributed by atoms with Crippen LogP contribution in [0.1, 0.15) is 24.5 Å².